The third kappa shape index (κ3) is 2.42. The maximum absolute atomic E-state index is 11.6. The van der Waals surface area contributed by atoms with E-state index in [2.05, 4.69) is 31.0 Å². The summed E-state index contributed by atoms with van der Waals surface area (Å²) >= 11 is 6.13. The molecular weight excluding hydrogens is 266 g/mol. The molecule has 0 aliphatic rings. The highest BCUT2D eigenvalue weighted by molar-refractivity contribution is 6.33. The van der Waals surface area contributed by atoms with Gasteiger partial charge in [0.15, 0.2) is 5.65 Å². The largest absolute Gasteiger partial charge is 0.465 e. The second-order valence-corrected chi connectivity index (χ2v) is 5.26. The number of carbonyl (C=O) groups is 1. The molecule has 2 rings (SSSR count). The number of methoxy groups -OCH3 is 1. The van der Waals surface area contributed by atoms with E-state index in [9.17, 15) is 4.79 Å². The minimum Gasteiger partial charge on any atom is -0.465 e. The second-order valence-electron chi connectivity index (χ2n) is 4.85. The van der Waals surface area contributed by atoms with Crippen molar-refractivity contribution in [1.82, 2.24) is 14.6 Å². The van der Waals surface area contributed by atoms with Gasteiger partial charge in [-0.25, -0.2) is 4.79 Å². The van der Waals surface area contributed by atoms with Crippen LogP contribution in [0.3, 0.4) is 0 Å². The lowest BCUT2D eigenvalue weighted by Crippen LogP contribution is -2.09. The van der Waals surface area contributed by atoms with Crippen LogP contribution in [-0.4, -0.2) is 27.7 Å². The number of nitrogens with zero attached hydrogens (tertiary/aromatic N) is 3. The van der Waals surface area contributed by atoms with Crippen LogP contribution in [0.2, 0.25) is 5.02 Å². The lowest BCUT2D eigenvalue weighted by atomic mass is 9.97. The molecule has 2 heterocycles. The van der Waals surface area contributed by atoms with Crippen molar-refractivity contribution in [3.05, 3.63) is 28.7 Å². The molecule has 0 N–H and O–H groups in total. The zero-order chi connectivity index (χ0) is 14.2. The van der Waals surface area contributed by atoms with E-state index in [0.29, 0.717) is 22.2 Å². The minimum absolute atomic E-state index is 0.207. The number of pyridine rings is 1. The molecule has 0 spiro atoms. The summed E-state index contributed by atoms with van der Waals surface area (Å²) in [6, 6.07) is 1.54. The highest BCUT2D eigenvalue weighted by atomic mass is 35.5. The number of rotatable bonds is 3. The molecule has 0 amide bonds. The van der Waals surface area contributed by atoms with E-state index in [-0.39, 0.29) is 5.92 Å². The standard InChI is InChI=1S/C13H16ClN3O2/c1-7(2)8(3)11-15-16-12-10(14)5-9(6-17(11)12)13(18)19-4/h5-8H,1-4H3. The van der Waals surface area contributed by atoms with Gasteiger partial charge in [-0.05, 0) is 12.0 Å². The van der Waals surface area contributed by atoms with Gasteiger partial charge in [0.2, 0.25) is 0 Å². The van der Waals surface area contributed by atoms with Crippen LogP contribution in [0.25, 0.3) is 5.65 Å². The average Bonchev–Trinajstić information content (AvgIpc) is 2.80. The zero-order valence-corrected chi connectivity index (χ0v) is 12.1. The Morgan fingerprint density at radius 3 is 2.63 bits per heavy atom. The number of hydrogen-bond donors (Lipinski definition) is 0. The van der Waals surface area contributed by atoms with Crippen molar-refractivity contribution >= 4 is 23.2 Å². The normalized spacial score (nSPS) is 12.9. The van der Waals surface area contributed by atoms with Gasteiger partial charge in [-0.3, -0.25) is 4.40 Å². The van der Waals surface area contributed by atoms with Crippen LogP contribution in [-0.2, 0) is 4.74 Å². The Morgan fingerprint density at radius 1 is 1.37 bits per heavy atom. The van der Waals surface area contributed by atoms with Gasteiger partial charge in [0.1, 0.15) is 5.82 Å². The average molecular weight is 282 g/mol. The lowest BCUT2D eigenvalue weighted by Gasteiger charge is -2.13. The molecule has 1 unspecified atom stereocenters. The smallest absolute Gasteiger partial charge is 0.339 e. The van der Waals surface area contributed by atoms with Crippen molar-refractivity contribution < 1.29 is 9.53 Å². The molecule has 0 aromatic carbocycles. The van der Waals surface area contributed by atoms with E-state index < -0.39 is 5.97 Å². The van der Waals surface area contributed by atoms with Crippen LogP contribution in [0.4, 0.5) is 0 Å². The SMILES string of the molecule is COC(=O)c1cc(Cl)c2nnc(C(C)C(C)C)n2c1. The predicted octanol–water partition coefficient (Wildman–Crippen LogP) is 2.93. The molecule has 19 heavy (non-hydrogen) atoms. The van der Waals surface area contributed by atoms with Gasteiger partial charge in [-0.2, -0.15) is 0 Å². The second kappa shape index (κ2) is 5.17. The summed E-state index contributed by atoms with van der Waals surface area (Å²) < 4.78 is 6.48. The van der Waals surface area contributed by atoms with E-state index in [1.165, 1.54) is 7.11 Å². The predicted molar refractivity (Wildman–Crippen MR) is 72.6 cm³/mol. The highest BCUT2D eigenvalue weighted by Gasteiger charge is 2.19. The number of fused-ring (bicyclic) bond motifs is 1. The van der Waals surface area contributed by atoms with Gasteiger partial charge < -0.3 is 4.74 Å². The molecule has 0 aliphatic heterocycles. The molecule has 2 aromatic rings. The summed E-state index contributed by atoms with van der Waals surface area (Å²) in [6.07, 6.45) is 1.67. The molecule has 0 aliphatic carbocycles. The third-order valence-electron chi connectivity index (χ3n) is 3.31. The number of halogens is 1. The monoisotopic (exact) mass is 281 g/mol. The molecule has 2 aromatic heterocycles. The number of hydrogen-bond acceptors (Lipinski definition) is 4. The van der Waals surface area contributed by atoms with Gasteiger partial charge in [-0.15, -0.1) is 10.2 Å². The fraction of sp³-hybridized carbons (Fsp3) is 0.462. The van der Waals surface area contributed by atoms with Gasteiger partial charge >= 0.3 is 5.97 Å². The summed E-state index contributed by atoms with van der Waals surface area (Å²) in [7, 11) is 1.34. The molecule has 0 fully saturated rings. The van der Waals surface area contributed by atoms with E-state index in [4.69, 9.17) is 16.3 Å². The van der Waals surface area contributed by atoms with E-state index in [1.807, 2.05) is 0 Å². The molecule has 102 valence electrons. The molecule has 6 heteroatoms. The minimum atomic E-state index is -0.430. The number of esters is 1. The van der Waals surface area contributed by atoms with Crippen molar-refractivity contribution in [2.75, 3.05) is 7.11 Å². The first-order chi connectivity index (χ1) is 8.95. The fourth-order valence-electron chi connectivity index (χ4n) is 1.81. The van der Waals surface area contributed by atoms with Crippen LogP contribution in [0, 0.1) is 5.92 Å². The summed E-state index contributed by atoms with van der Waals surface area (Å²) in [5, 5.41) is 8.64. The molecule has 5 nitrogen and oxygen atoms in total. The Labute approximate surface area is 116 Å². The first kappa shape index (κ1) is 13.8. The quantitative estimate of drug-likeness (QED) is 0.812. The zero-order valence-electron chi connectivity index (χ0n) is 11.3. The fourth-order valence-corrected chi connectivity index (χ4v) is 2.06. The van der Waals surface area contributed by atoms with Crippen molar-refractivity contribution in [2.45, 2.75) is 26.7 Å². The summed E-state index contributed by atoms with van der Waals surface area (Å²) in [4.78, 5) is 11.6. The first-order valence-electron chi connectivity index (χ1n) is 6.08. The van der Waals surface area contributed by atoms with E-state index >= 15 is 0 Å². The van der Waals surface area contributed by atoms with Crippen LogP contribution >= 0.6 is 11.6 Å². The Kier molecular flexibility index (Phi) is 3.75. The lowest BCUT2D eigenvalue weighted by molar-refractivity contribution is 0.0600. The Balaban J connectivity index is 2.63. The number of aromatic nitrogens is 3. The Bertz CT molecular complexity index is 622. The molecule has 0 saturated heterocycles. The van der Waals surface area contributed by atoms with Gasteiger partial charge in [0.05, 0.1) is 17.7 Å². The van der Waals surface area contributed by atoms with Crippen LogP contribution in [0.5, 0.6) is 0 Å². The molecule has 1 atom stereocenters. The summed E-state index contributed by atoms with van der Waals surface area (Å²) in [5.41, 5.74) is 0.939. The molecule has 0 radical (unpaired) electrons. The summed E-state index contributed by atoms with van der Waals surface area (Å²) in [5.74, 6) is 0.977. The highest BCUT2D eigenvalue weighted by Crippen LogP contribution is 2.26. The van der Waals surface area contributed by atoms with E-state index in [0.717, 1.165) is 5.82 Å². The summed E-state index contributed by atoms with van der Waals surface area (Å²) in [6.45, 7) is 6.29. The number of ether oxygens (including phenoxy) is 1. The van der Waals surface area contributed by atoms with Crippen molar-refractivity contribution in [3.8, 4) is 0 Å². The van der Waals surface area contributed by atoms with Crippen molar-refractivity contribution in [2.24, 2.45) is 5.92 Å². The Hall–Kier alpha value is -1.62. The third-order valence-corrected chi connectivity index (χ3v) is 3.59. The van der Waals surface area contributed by atoms with Crippen molar-refractivity contribution in [1.29, 1.82) is 0 Å². The molecule has 0 bridgehead atoms. The maximum atomic E-state index is 11.6. The van der Waals surface area contributed by atoms with Gasteiger partial charge in [0.25, 0.3) is 0 Å². The van der Waals surface area contributed by atoms with Crippen molar-refractivity contribution in [3.63, 3.8) is 0 Å². The van der Waals surface area contributed by atoms with E-state index in [1.54, 1.807) is 16.7 Å². The molecule has 0 saturated carbocycles. The molecular formula is C13H16ClN3O2. The first-order valence-corrected chi connectivity index (χ1v) is 6.46. The number of carbonyl (C=O) groups excluding carboxylic acids is 1. The van der Waals surface area contributed by atoms with Crippen LogP contribution in [0.1, 0.15) is 42.9 Å². The van der Waals surface area contributed by atoms with Crippen LogP contribution < -0.4 is 0 Å². The Morgan fingerprint density at radius 2 is 2.05 bits per heavy atom. The van der Waals surface area contributed by atoms with Gasteiger partial charge in [-0.1, -0.05) is 32.4 Å². The maximum Gasteiger partial charge on any atom is 0.339 e. The topological polar surface area (TPSA) is 56.5 Å². The van der Waals surface area contributed by atoms with Crippen LogP contribution in [0.15, 0.2) is 12.3 Å². The van der Waals surface area contributed by atoms with Gasteiger partial charge in [0, 0.05) is 12.1 Å².